The van der Waals surface area contributed by atoms with Gasteiger partial charge in [-0.05, 0) is 80.6 Å². The summed E-state index contributed by atoms with van der Waals surface area (Å²) in [7, 11) is 0. The number of aliphatic hydroxyl groups excluding tert-OH is 2. The van der Waals surface area contributed by atoms with Gasteiger partial charge in [-0.25, -0.2) is 0 Å². The van der Waals surface area contributed by atoms with Gasteiger partial charge in [0, 0.05) is 59.2 Å². The first kappa shape index (κ1) is 22.2. The number of rotatable bonds is 6. The molecule has 0 radical (unpaired) electrons. The van der Waals surface area contributed by atoms with E-state index in [2.05, 4.69) is 33.6 Å². The van der Waals surface area contributed by atoms with Crippen molar-refractivity contribution in [1.82, 2.24) is 9.97 Å². The van der Waals surface area contributed by atoms with E-state index in [-0.39, 0.29) is 13.2 Å². The van der Waals surface area contributed by atoms with Gasteiger partial charge in [-0.3, -0.25) is 9.97 Å². The van der Waals surface area contributed by atoms with Gasteiger partial charge in [0.1, 0.15) is 0 Å². The largest absolute Gasteiger partial charge is 0.396 e. The fourth-order valence-electron chi connectivity index (χ4n) is 2.98. The van der Waals surface area contributed by atoms with Crippen LogP contribution in [0, 0.1) is 30.6 Å². The van der Waals surface area contributed by atoms with Crippen LogP contribution in [0.5, 0.6) is 0 Å². The summed E-state index contributed by atoms with van der Waals surface area (Å²) in [6.07, 6.45) is 6.54. The molecule has 0 aliphatic carbocycles. The molecule has 31 heavy (non-hydrogen) atoms. The van der Waals surface area contributed by atoms with Crippen molar-refractivity contribution < 1.29 is 10.2 Å². The normalized spacial score (nSPS) is 10.0. The van der Waals surface area contributed by atoms with Crippen LogP contribution >= 0.6 is 0 Å². The van der Waals surface area contributed by atoms with Gasteiger partial charge in [0.2, 0.25) is 0 Å². The van der Waals surface area contributed by atoms with Gasteiger partial charge in [-0.15, -0.1) is 0 Å². The summed E-state index contributed by atoms with van der Waals surface area (Å²) in [5.74, 6) is 12.7. The summed E-state index contributed by atoms with van der Waals surface area (Å²) in [6, 6.07) is 13.8. The Labute approximate surface area is 184 Å². The molecule has 1 aromatic carbocycles. The molecule has 0 unspecified atom stereocenters. The van der Waals surface area contributed by atoms with E-state index in [1.807, 2.05) is 49.4 Å². The molecule has 0 aliphatic rings. The minimum absolute atomic E-state index is 0.178. The summed E-state index contributed by atoms with van der Waals surface area (Å²) in [6.45, 7) is 2.39. The second-order valence-electron chi connectivity index (χ2n) is 7.26. The number of hydrogen-bond acceptors (Lipinski definition) is 4. The first-order valence-corrected chi connectivity index (χ1v) is 10.4. The van der Waals surface area contributed by atoms with E-state index in [0.29, 0.717) is 0 Å². The van der Waals surface area contributed by atoms with Crippen LogP contribution in [0.15, 0.2) is 54.9 Å². The highest BCUT2D eigenvalue weighted by atomic mass is 16.3. The molecule has 2 aromatic heterocycles. The zero-order valence-electron chi connectivity index (χ0n) is 17.7. The molecule has 0 fully saturated rings. The number of benzene rings is 1. The van der Waals surface area contributed by atoms with Gasteiger partial charge in [0.05, 0.1) is 0 Å². The third-order valence-electron chi connectivity index (χ3n) is 4.75. The maximum absolute atomic E-state index is 8.90. The summed E-state index contributed by atoms with van der Waals surface area (Å²) >= 11 is 0. The SMILES string of the molecule is Cc1cc(C#Cc2ccc(CCCO)nc2)ccc1C#Cc1ccc(CCCO)nc1. The molecule has 4 heteroatoms. The van der Waals surface area contributed by atoms with E-state index in [9.17, 15) is 0 Å². The Morgan fingerprint density at radius 3 is 1.68 bits per heavy atom. The van der Waals surface area contributed by atoms with Crippen molar-refractivity contribution in [2.75, 3.05) is 13.2 Å². The maximum atomic E-state index is 8.90. The lowest BCUT2D eigenvalue weighted by molar-refractivity contribution is 0.288. The smallest absolute Gasteiger partial charge is 0.0434 e. The molecule has 0 spiro atoms. The van der Waals surface area contributed by atoms with Crippen LogP contribution in [-0.4, -0.2) is 33.4 Å². The van der Waals surface area contributed by atoms with Crippen LogP contribution in [0.2, 0.25) is 0 Å². The fourth-order valence-corrected chi connectivity index (χ4v) is 2.98. The second-order valence-corrected chi connectivity index (χ2v) is 7.26. The minimum atomic E-state index is 0.178. The van der Waals surface area contributed by atoms with Crippen molar-refractivity contribution in [2.45, 2.75) is 32.6 Å². The fraction of sp³-hybridized carbons (Fsp3) is 0.259. The van der Waals surface area contributed by atoms with E-state index in [1.54, 1.807) is 12.4 Å². The minimum Gasteiger partial charge on any atom is -0.396 e. The summed E-state index contributed by atoms with van der Waals surface area (Å²) in [4.78, 5) is 8.78. The molecule has 2 N–H and O–H groups in total. The van der Waals surface area contributed by atoms with Crippen LogP contribution in [0.1, 0.15) is 52.0 Å². The number of pyridine rings is 2. The number of aliphatic hydroxyl groups is 2. The Kier molecular flexibility index (Phi) is 8.38. The quantitative estimate of drug-likeness (QED) is 0.611. The van der Waals surface area contributed by atoms with E-state index in [1.165, 1.54) is 0 Å². The molecule has 4 nitrogen and oxygen atoms in total. The van der Waals surface area contributed by atoms with Crippen LogP contribution < -0.4 is 0 Å². The molecule has 0 aliphatic heterocycles. The molecule has 2 heterocycles. The van der Waals surface area contributed by atoms with Gasteiger partial charge >= 0.3 is 0 Å². The summed E-state index contributed by atoms with van der Waals surface area (Å²) in [5.41, 5.74) is 6.63. The molecular formula is C27H26N2O2. The number of nitrogens with zero attached hydrogens (tertiary/aromatic N) is 2. The molecule has 3 rings (SSSR count). The van der Waals surface area contributed by atoms with E-state index in [4.69, 9.17) is 10.2 Å². The van der Waals surface area contributed by atoms with Crippen molar-refractivity contribution in [3.8, 4) is 23.7 Å². The molecule has 3 aromatic rings. The zero-order chi connectivity index (χ0) is 21.9. The molecule has 0 saturated carbocycles. The molecule has 0 saturated heterocycles. The molecule has 0 amide bonds. The lowest BCUT2D eigenvalue weighted by Crippen LogP contribution is -1.93. The van der Waals surface area contributed by atoms with Gasteiger partial charge in [-0.2, -0.15) is 0 Å². The Bertz CT molecular complexity index is 1110. The Morgan fingerprint density at radius 2 is 1.19 bits per heavy atom. The van der Waals surface area contributed by atoms with Crippen molar-refractivity contribution in [3.05, 3.63) is 94.1 Å². The maximum Gasteiger partial charge on any atom is 0.0434 e. The second kappa shape index (κ2) is 11.7. The molecular weight excluding hydrogens is 384 g/mol. The van der Waals surface area contributed by atoms with Gasteiger partial charge in [0.15, 0.2) is 0 Å². The first-order chi connectivity index (χ1) is 15.2. The molecule has 156 valence electrons. The Morgan fingerprint density at radius 1 is 0.677 bits per heavy atom. The van der Waals surface area contributed by atoms with Crippen LogP contribution in [0.3, 0.4) is 0 Å². The standard InChI is InChI=1S/C27H26N2O2/c1-21-18-22(6-7-23-10-14-26(28-19-23)4-2-16-30)8-12-25(21)13-9-24-11-15-27(29-20-24)5-3-17-31/h8,10-12,14-15,18-20,30-31H,2-5,16-17H2,1H3. The number of aromatic nitrogens is 2. The van der Waals surface area contributed by atoms with E-state index >= 15 is 0 Å². The van der Waals surface area contributed by atoms with Gasteiger partial charge in [0.25, 0.3) is 0 Å². The summed E-state index contributed by atoms with van der Waals surface area (Å²) < 4.78 is 0. The van der Waals surface area contributed by atoms with Crippen LogP contribution in [0.4, 0.5) is 0 Å². The third kappa shape index (κ3) is 7.08. The van der Waals surface area contributed by atoms with Crippen molar-refractivity contribution in [1.29, 1.82) is 0 Å². The van der Waals surface area contributed by atoms with Crippen molar-refractivity contribution in [3.63, 3.8) is 0 Å². The highest BCUT2D eigenvalue weighted by Crippen LogP contribution is 2.11. The molecule has 0 bridgehead atoms. The van der Waals surface area contributed by atoms with E-state index in [0.717, 1.165) is 64.9 Å². The first-order valence-electron chi connectivity index (χ1n) is 10.4. The van der Waals surface area contributed by atoms with E-state index < -0.39 is 0 Å². The zero-order valence-corrected chi connectivity index (χ0v) is 17.7. The average Bonchev–Trinajstić information content (AvgIpc) is 2.81. The van der Waals surface area contributed by atoms with Crippen molar-refractivity contribution >= 4 is 0 Å². The number of aryl methyl sites for hydroxylation is 3. The van der Waals surface area contributed by atoms with Crippen molar-refractivity contribution in [2.24, 2.45) is 0 Å². The Hall–Kier alpha value is -3.44. The predicted molar refractivity (Wildman–Crippen MR) is 122 cm³/mol. The lowest BCUT2D eigenvalue weighted by atomic mass is 10.0. The Balaban J connectivity index is 1.66. The lowest BCUT2D eigenvalue weighted by Gasteiger charge is -2.00. The highest BCUT2D eigenvalue weighted by Gasteiger charge is 1.98. The average molecular weight is 411 g/mol. The highest BCUT2D eigenvalue weighted by molar-refractivity contribution is 5.51. The van der Waals surface area contributed by atoms with Gasteiger partial charge in [-0.1, -0.05) is 23.7 Å². The summed E-state index contributed by atoms with van der Waals surface area (Å²) in [5, 5.41) is 17.8. The topological polar surface area (TPSA) is 66.2 Å². The number of hydrogen-bond donors (Lipinski definition) is 2. The van der Waals surface area contributed by atoms with Crippen LogP contribution in [-0.2, 0) is 12.8 Å². The molecule has 0 atom stereocenters. The van der Waals surface area contributed by atoms with Gasteiger partial charge < -0.3 is 10.2 Å². The monoisotopic (exact) mass is 410 g/mol. The van der Waals surface area contributed by atoms with Crippen LogP contribution in [0.25, 0.3) is 0 Å². The predicted octanol–water partition coefficient (Wildman–Crippen LogP) is 3.43. The third-order valence-corrected chi connectivity index (χ3v) is 4.75.